The van der Waals surface area contributed by atoms with Crippen molar-refractivity contribution in [2.24, 2.45) is 5.41 Å². The molecule has 1 aliphatic rings. The topological polar surface area (TPSA) is 0 Å². The van der Waals surface area contributed by atoms with Crippen molar-refractivity contribution in [3.05, 3.63) is 47.0 Å². The smallest absolute Gasteiger partial charge is 0.0523 e. The predicted octanol–water partition coefficient (Wildman–Crippen LogP) is 5.88. The van der Waals surface area contributed by atoms with Crippen LogP contribution in [0.4, 0.5) is 0 Å². The Kier molecular flexibility index (Phi) is 4.35. The number of hydrogen-bond donors (Lipinski definition) is 0. The van der Waals surface area contributed by atoms with Crippen molar-refractivity contribution in [3.8, 4) is 0 Å². The van der Waals surface area contributed by atoms with E-state index in [0.29, 0.717) is 5.41 Å². The van der Waals surface area contributed by atoms with Crippen molar-refractivity contribution < 1.29 is 0 Å². The number of hydrogen-bond acceptors (Lipinski definition) is 0. The summed E-state index contributed by atoms with van der Waals surface area (Å²) in [5.41, 5.74) is 4.85. The summed E-state index contributed by atoms with van der Waals surface area (Å²) < 4.78 is 0. The summed E-state index contributed by atoms with van der Waals surface area (Å²) in [5.74, 6) is 0. The van der Waals surface area contributed by atoms with E-state index in [0.717, 1.165) is 19.3 Å². The third kappa shape index (κ3) is 4.12. The summed E-state index contributed by atoms with van der Waals surface area (Å²) in [4.78, 5) is 0. The minimum Gasteiger partial charge on any atom is -0.118 e. The zero-order chi connectivity index (χ0) is 15.0. The molecule has 1 aromatic carbocycles. The second-order valence-corrected chi connectivity index (χ2v) is 8.57. The van der Waals surface area contributed by atoms with Gasteiger partial charge in [0.1, 0.15) is 0 Å². The lowest BCUT2D eigenvalue weighted by atomic mass is 9.75. The first kappa shape index (κ1) is 15.6. The van der Waals surface area contributed by atoms with E-state index in [9.17, 15) is 0 Å². The molecule has 0 bridgehead atoms. The van der Waals surface area contributed by atoms with Gasteiger partial charge in [0.25, 0.3) is 0 Å². The van der Waals surface area contributed by atoms with Crippen LogP contribution >= 0.6 is 11.6 Å². The van der Waals surface area contributed by atoms with E-state index in [1.165, 1.54) is 16.7 Å². The lowest BCUT2D eigenvalue weighted by Gasteiger charge is -2.32. The van der Waals surface area contributed by atoms with Crippen LogP contribution in [0.25, 0.3) is 0 Å². The highest BCUT2D eigenvalue weighted by molar-refractivity contribution is 6.21. The molecule has 0 aliphatic heterocycles. The second-order valence-electron chi connectivity index (χ2n) is 8.01. The van der Waals surface area contributed by atoms with Crippen LogP contribution in [0.2, 0.25) is 0 Å². The van der Waals surface area contributed by atoms with E-state index in [1.807, 2.05) is 0 Å². The van der Waals surface area contributed by atoms with Gasteiger partial charge in [-0.15, -0.1) is 11.6 Å². The van der Waals surface area contributed by atoms with E-state index >= 15 is 0 Å². The van der Waals surface area contributed by atoms with Gasteiger partial charge in [0.2, 0.25) is 0 Å². The molecule has 1 heteroatoms. The molecule has 0 saturated heterocycles. The molecule has 0 saturated carbocycles. The van der Waals surface area contributed by atoms with E-state index in [4.69, 9.17) is 11.6 Å². The summed E-state index contributed by atoms with van der Waals surface area (Å²) in [6.45, 7) is 11.4. The largest absolute Gasteiger partial charge is 0.118 e. The lowest BCUT2D eigenvalue weighted by Crippen LogP contribution is -2.22. The molecular weight excluding hydrogens is 264 g/mol. The fraction of sp³-hybridized carbons (Fsp3) is 0.579. The third-order valence-electron chi connectivity index (χ3n) is 4.12. The van der Waals surface area contributed by atoms with Crippen molar-refractivity contribution in [3.63, 3.8) is 0 Å². The van der Waals surface area contributed by atoms with Crippen LogP contribution in [0.5, 0.6) is 0 Å². The van der Waals surface area contributed by atoms with Gasteiger partial charge >= 0.3 is 0 Å². The van der Waals surface area contributed by atoms with Crippen LogP contribution in [0.15, 0.2) is 35.9 Å². The number of allylic oxidation sites excluding steroid dienone is 2. The van der Waals surface area contributed by atoms with Gasteiger partial charge in [-0.05, 0) is 41.2 Å². The van der Waals surface area contributed by atoms with Gasteiger partial charge in [-0.3, -0.25) is 0 Å². The number of halogens is 1. The maximum Gasteiger partial charge on any atom is 0.0523 e. The van der Waals surface area contributed by atoms with Crippen molar-refractivity contribution in [1.29, 1.82) is 0 Å². The molecule has 1 aliphatic carbocycles. The molecule has 0 radical (unpaired) electrons. The number of alkyl halides is 1. The van der Waals surface area contributed by atoms with Crippen LogP contribution in [0, 0.1) is 5.41 Å². The molecular formula is C19H27Cl. The molecule has 1 aromatic rings. The Hall–Kier alpha value is -0.750. The molecule has 0 amide bonds. The monoisotopic (exact) mass is 290 g/mol. The average Bonchev–Trinajstić information content (AvgIpc) is 2.25. The highest BCUT2D eigenvalue weighted by Gasteiger charge is 2.27. The van der Waals surface area contributed by atoms with Crippen LogP contribution in [-0.4, -0.2) is 5.38 Å². The Morgan fingerprint density at radius 2 is 1.75 bits per heavy atom. The molecule has 0 aromatic heterocycles. The Labute approximate surface area is 129 Å². The standard InChI is InChI=1S/C19H27Cl/c1-18(2,3)16-8-6-14(7-9-16)10-15-11-17(20)13-19(4,5)12-15/h6-9,11,17H,10,12-13H2,1-5H3. The van der Waals surface area contributed by atoms with Gasteiger partial charge in [-0.1, -0.05) is 70.5 Å². The maximum absolute atomic E-state index is 6.37. The third-order valence-corrected chi connectivity index (χ3v) is 4.40. The number of rotatable bonds is 2. The molecule has 1 atom stereocenters. The predicted molar refractivity (Wildman–Crippen MR) is 89.6 cm³/mol. The lowest BCUT2D eigenvalue weighted by molar-refractivity contribution is 0.320. The van der Waals surface area contributed by atoms with Gasteiger partial charge < -0.3 is 0 Å². The first-order chi connectivity index (χ1) is 9.16. The molecule has 110 valence electrons. The maximum atomic E-state index is 6.37. The van der Waals surface area contributed by atoms with Gasteiger partial charge in [0.05, 0.1) is 5.38 Å². The van der Waals surface area contributed by atoms with E-state index in [-0.39, 0.29) is 10.8 Å². The molecule has 0 N–H and O–H groups in total. The normalized spacial score (nSPS) is 22.5. The molecule has 20 heavy (non-hydrogen) atoms. The zero-order valence-electron chi connectivity index (χ0n) is 13.5. The quantitative estimate of drug-likeness (QED) is 0.471. The molecule has 1 unspecified atom stereocenters. The van der Waals surface area contributed by atoms with E-state index in [2.05, 4.69) is 65.0 Å². The fourth-order valence-electron chi connectivity index (χ4n) is 3.09. The number of benzene rings is 1. The summed E-state index contributed by atoms with van der Waals surface area (Å²) in [6.07, 6.45) is 5.56. The van der Waals surface area contributed by atoms with Gasteiger partial charge in [-0.25, -0.2) is 0 Å². The van der Waals surface area contributed by atoms with Crippen molar-refractivity contribution in [2.45, 2.75) is 64.7 Å². The highest BCUT2D eigenvalue weighted by atomic mass is 35.5. The van der Waals surface area contributed by atoms with E-state index in [1.54, 1.807) is 0 Å². The SMILES string of the molecule is CC1(C)CC(Cc2ccc(C(C)(C)C)cc2)=CC(Cl)C1. The first-order valence-electron chi connectivity index (χ1n) is 7.59. The average molecular weight is 291 g/mol. The summed E-state index contributed by atoms with van der Waals surface area (Å²) >= 11 is 6.37. The Morgan fingerprint density at radius 1 is 1.15 bits per heavy atom. The second kappa shape index (κ2) is 5.56. The minimum atomic E-state index is 0.197. The van der Waals surface area contributed by atoms with Crippen LogP contribution in [-0.2, 0) is 11.8 Å². The Morgan fingerprint density at radius 3 is 2.25 bits per heavy atom. The molecule has 2 rings (SSSR count). The van der Waals surface area contributed by atoms with Crippen LogP contribution < -0.4 is 0 Å². The van der Waals surface area contributed by atoms with Gasteiger partial charge in [0, 0.05) is 0 Å². The molecule has 0 spiro atoms. The van der Waals surface area contributed by atoms with Gasteiger partial charge in [0.15, 0.2) is 0 Å². The Bertz CT molecular complexity index is 485. The Balaban J connectivity index is 2.11. The molecule has 0 nitrogen and oxygen atoms in total. The first-order valence-corrected chi connectivity index (χ1v) is 8.02. The van der Waals surface area contributed by atoms with Crippen molar-refractivity contribution in [1.82, 2.24) is 0 Å². The summed E-state index contributed by atoms with van der Waals surface area (Å²) in [5, 5.41) is 0.197. The minimum absolute atomic E-state index is 0.197. The van der Waals surface area contributed by atoms with Crippen molar-refractivity contribution in [2.75, 3.05) is 0 Å². The van der Waals surface area contributed by atoms with Crippen molar-refractivity contribution >= 4 is 11.6 Å². The van der Waals surface area contributed by atoms with Gasteiger partial charge in [-0.2, -0.15) is 0 Å². The molecule has 0 heterocycles. The summed E-state index contributed by atoms with van der Waals surface area (Å²) in [6, 6.07) is 9.07. The highest BCUT2D eigenvalue weighted by Crippen LogP contribution is 2.38. The zero-order valence-corrected chi connectivity index (χ0v) is 14.2. The fourth-order valence-corrected chi connectivity index (χ4v) is 3.69. The van der Waals surface area contributed by atoms with Crippen LogP contribution in [0.3, 0.4) is 0 Å². The molecule has 0 fully saturated rings. The van der Waals surface area contributed by atoms with Crippen LogP contribution in [0.1, 0.15) is 58.6 Å². The summed E-state index contributed by atoms with van der Waals surface area (Å²) in [7, 11) is 0. The van der Waals surface area contributed by atoms with E-state index < -0.39 is 0 Å².